The molecule has 0 saturated heterocycles. The molecule has 1 heterocycles. The fourth-order valence-electron chi connectivity index (χ4n) is 2.15. The Morgan fingerprint density at radius 3 is 2.80 bits per heavy atom. The molecule has 0 N–H and O–H groups in total. The van der Waals surface area contributed by atoms with Crippen molar-refractivity contribution in [2.45, 2.75) is 38.1 Å². The summed E-state index contributed by atoms with van der Waals surface area (Å²) in [7, 11) is 0. The molecule has 108 valence electrons. The van der Waals surface area contributed by atoms with Crippen molar-refractivity contribution in [3.8, 4) is 0 Å². The predicted octanol–water partition coefficient (Wildman–Crippen LogP) is 2.45. The number of allylic oxidation sites excluding steroid dienone is 1. The summed E-state index contributed by atoms with van der Waals surface area (Å²) in [5.74, 6) is 0.514. The van der Waals surface area contributed by atoms with Crippen LogP contribution in [0.3, 0.4) is 0 Å². The summed E-state index contributed by atoms with van der Waals surface area (Å²) in [6.45, 7) is 4.10. The third-order valence-corrected chi connectivity index (χ3v) is 5.59. The maximum absolute atomic E-state index is 11.7. The van der Waals surface area contributed by atoms with Crippen LogP contribution in [-0.4, -0.2) is 33.6 Å². The molecule has 3 nitrogen and oxygen atoms in total. The molecule has 0 aliphatic carbocycles. The number of hydrogen-bond donors (Lipinski definition) is 0. The van der Waals surface area contributed by atoms with Gasteiger partial charge in [0, 0.05) is 0 Å². The van der Waals surface area contributed by atoms with E-state index in [0.29, 0.717) is 27.1 Å². The summed E-state index contributed by atoms with van der Waals surface area (Å²) < 4.78 is 12.3. The second-order valence-corrected chi connectivity index (χ2v) is 6.95. The second-order valence-electron chi connectivity index (χ2n) is 4.66. The van der Waals surface area contributed by atoms with Crippen molar-refractivity contribution in [2.75, 3.05) is 6.61 Å². The van der Waals surface area contributed by atoms with E-state index in [4.69, 9.17) is 9.47 Å². The summed E-state index contributed by atoms with van der Waals surface area (Å²) in [5.41, 5.74) is 0.704. The molecule has 0 radical (unpaired) electrons. The second kappa shape index (κ2) is 7.51. The van der Waals surface area contributed by atoms with E-state index in [9.17, 15) is 4.79 Å². The van der Waals surface area contributed by atoms with E-state index >= 15 is 0 Å². The van der Waals surface area contributed by atoms with Crippen molar-refractivity contribution < 1.29 is 14.3 Å². The maximum atomic E-state index is 11.7. The zero-order chi connectivity index (χ0) is 14.4. The van der Waals surface area contributed by atoms with Crippen LogP contribution in [0.1, 0.15) is 26.7 Å². The van der Waals surface area contributed by atoms with Crippen molar-refractivity contribution >= 4 is 25.4 Å². The van der Waals surface area contributed by atoms with Gasteiger partial charge in [0.05, 0.1) is 0 Å². The van der Waals surface area contributed by atoms with Crippen LogP contribution < -0.4 is 4.46 Å². The molecule has 20 heavy (non-hydrogen) atoms. The molecule has 4 heteroatoms. The molecule has 0 aromatic heterocycles. The summed E-state index contributed by atoms with van der Waals surface area (Å²) in [6, 6.07) is 10.5. The first-order chi connectivity index (χ1) is 9.70. The predicted molar refractivity (Wildman–Crippen MR) is 80.1 cm³/mol. The van der Waals surface area contributed by atoms with E-state index in [1.165, 1.54) is 4.46 Å². The summed E-state index contributed by atoms with van der Waals surface area (Å²) in [4.78, 5) is 11.7. The Morgan fingerprint density at radius 2 is 2.15 bits per heavy atom. The first-order valence-corrected chi connectivity index (χ1v) is 8.99. The third kappa shape index (κ3) is 4.12. The Labute approximate surface area is 126 Å². The van der Waals surface area contributed by atoms with Gasteiger partial charge in [-0.15, -0.1) is 0 Å². The number of hydrogen-bond acceptors (Lipinski definition) is 3. The van der Waals surface area contributed by atoms with Gasteiger partial charge in [-0.3, -0.25) is 0 Å². The van der Waals surface area contributed by atoms with E-state index in [1.807, 2.05) is 19.9 Å². The fourth-order valence-corrected chi connectivity index (χ4v) is 4.17. The van der Waals surface area contributed by atoms with E-state index in [0.717, 1.165) is 23.9 Å². The molecule has 1 unspecified atom stereocenters. The van der Waals surface area contributed by atoms with Crippen LogP contribution in [0.4, 0.5) is 0 Å². The quantitative estimate of drug-likeness (QED) is 0.611. The number of esters is 1. The molecule has 1 aliphatic heterocycles. The Hall–Kier alpha value is -1.25. The molecule has 2 rings (SSSR count). The molecule has 0 fully saturated rings. The third-order valence-electron chi connectivity index (χ3n) is 3.19. The Balaban J connectivity index is 1.87. The van der Waals surface area contributed by atoms with Gasteiger partial charge in [0.25, 0.3) is 0 Å². The normalized spacial score (nSPS) is 18.6. The van der Waals surface area contributed by atoms with Crippen molar-refractivity contribution in [3.05, 3.63) is 41.7 Å². The Bertz CT molecular complexity index is 482. The first-order valence-electron chi connectivity index (χ1n) is 6.92. The average Bonchev–Trinajstić information content (AvgIpc) is 2.46. The summed E-state index contributed by atoms with van der Waals surface area (Å²) in [6.07, 6.45) is 1.90. The molecule has 0 saturated carbocycles. The van der Waals surface area contributed by atoms with E-state index < -0.39 is 0 Å². The van der Waals surface area contributed by atoms with Crippen molar-refractivity contribution in [1.82, 2.24) is 0 Å². The Morgan fingerprint density at radius 1 is 1.40 bits per heavy atom. The zero-order valence-electron chi connectivity index (χ0n) is 11.9. The minimum absolute atomic E-state index is 0.225. The standard InChI is InChI=1S/C16H20O3Se/c1-3-18-16(17)15-10-9-13(19-12(15)2)11-20-14-7-5-4-6-8-14/h4-8,13H,3,9-11H2,1-2H3. The number of benzene rings is 1. The van der Waals surface area contributed by atoms with Crippen LogP contribution in [0.2, 0.25) is 5.32 Å². The van der Waals surface area contributed by atoms with Crippen LogP contribution in [0.5, 0.6) is 0 Å². The molecule has 1 atom stereocenters. The Kier molecular flexibility index (Phi) is 5.69. The number of ether oxygens (including phenoxy) is 2. The average molecular weight is 339 g/mol. The molecule has 1 aliphatic rings. The SMILES string of the molecule is CCOC(=O)C1=C(C)OC(C[Se]c2ccccc2)CC1. The molecule has 0 bridgehead atoms. The summed E-state index contributed by atoms with van der Waals surface area (Å²) in [5, 5.41) is 1.05. The van der Waals surface area contributed by atoms with Gasteiger partial charge in [-0.1, -0.05) is 0 Å². The van der Waals surface area contributed by atoms with Crippen molar-refractivity contribution in [1.29, 1.82) is 0 Å². The van der Waals surface area contributed by atoms with Gasteiger partial charge in [-0.05, 0) is 0 Å². The number of carbonyl (C=O) groups excluding carboxylic acids is 1. The first kappa shape index (κ1) is 15.1. The fraction of sp³-hybridized carbons (Fsp3) is 0.438. The monoisotopic (exact) mass is 340 g/mol. The van der Waals surface area contributed by atoms with Gasteiger partial charge >= 0.3 is 126 Å². The van der Waals surface area contributed by atoms with E-state index in [1.54, 1.807) is 0 Å². The van der Waals surface area contributed by atoms with Gasteiger partial charge in [0.1, 0.15) is 0 Å². The van der Waals surface area contributed by atoms with Crippen LogP contribution in [-0.2, 0) is 14.3 Å². The van der Waals surface area contributed by atoms with Crippen LogP contribution in [0.15, 0.2) is 41.7 Å². The van der Waals surface area contributed by atoms with Crippen LogP contribution in [0, 0.1) is 0 Å². The molecule has 1 aromatic carbocycles. The van der Waals surface area contributed by atoms with Gasteiger partial charge < -0.3 is 0 Å². The molecule has 1 aromatic rings. The topological polar surface area (TPSA) is 35.5 Å². The van der Waals surface area contributed by atoms with Crippen LogP contribution in [0.25, 0.3) is 0 Å². The molecule has 0 amide bonds. The summed E-state index contributed by atoms with van der Waals surface area (Å²) >= 11 is 0.424. The van der Waals surface area contributed by atoms with Gasteiger partial charge in [-0.2, -0.15) is 0 Å². The van der Waals surface area contributed by atoms with E-state index in [-0.39, 0.29) is 12.1 Å². The van der Waals surface area contributed by atoms with Crippen molar-refractivity contribution in [2.24, 2.45) is 0 Å². The zero-order valence-corrected chi connectivity index (χ0v) is 13.6. The molecular formula is C16H20O3Se. The molecular weight excluding hydrogens is 319 g/mol. The minimum atomic E-state index is -0.225. The molecule has 0 spiro atoms. The van der Waals surface area contributed by atoms with Gasteiger partial charge in [0.2, 0.25) is 0 Å². The number of carbonyl (C=O) groups is 1. The van der Waals surface area contributed by atoms with E-state index in [2.05, 4.69) is 24.3 Å². The number of rotatable bonds is 5. The van der Waals surface area contributed by atoms with Gasteiger partial charge in [0.15, 0.2) is 0 Å². The van der Waals surface area contributed by atoms with Crippen molar-refractivity contribution in [3.63, 3.8) is 0 Å². The van der Waals surface area contributed by atoms with Crippen LogP contribution >= 0.6 is 0 Å². The van der Waals surface area contributed by atoms with Gasteiger partial charge in [-0.25, -0.2) is 0 Å².